The third-order valence-electron chi connectivity index (χ3n) is 8.97. The van der Waals surface area contributed by atoms with Crippen molar-refractivity contribution in [1.82, 2.24) is 41.1 Å². The number of likely N-dealkylation sites (tertiary alicyclic amines) is 1. The third kappa shape index (κ3) is 6.38. The molecule has 3 saturated heterocycles. The lowest BCUT2D eigenvalue weighted by atomic mass is 10.00. The first-order chi connectivity index (χ1) is 22.5. The number of carbonyl (C=O) groups is 1. The Bertz CT molecular complexity index is 1630. The van der Waals surface area contributed by atoms with Crippen molar-refractivity contribution < 1.29 is 14.3 Å². The lowest BCUT2D eigenvalue weighted by Gasteiger charge is -2.43. The van der Waals surface area contributed by atoms with Crippen LogP contribution in [0.3, 0.4) is 0 Å². The molecule has 3 aromatic rings. The second-order valence-corrected chi connectivity index (χ2v) is 11.9. The Morgan fingerprint density at radius 1 is 1.09 bits per heavy atom. The van der Waals surface area contributed by atoms with Gasteiger partial charge in [-0.15, -0.1) is 0 Å². The van der Waals surface area contributed by atoms with Gasteiger partial charge < -0.3 is 30.0 Å². The van der Waals surface area contributed by atoms with Gasteiger partial charge in [0.25, 0.3) is 5.91 Å². The fourth-order valence-electron chi connectivity index (χ4n) is 6.25. The van der Waals surface area contributed by atoms with Crippen molar-refractivity contribution in [3.63, 3.8) is 0 Å². The summed E-state index contributed by atoms with van der Waals surface area (Å²) in [5.41, 5.74) is 11.9. The lowest BCUT2D eigenvalue weighted by Crippen LogP contribution is -2.56. The van der Waals surface area contributed by atoms with E-state index < -0.39 is 0 Å². The number of hydrazine groups is 2. The normalized spacial score (nSPS) is 21.8. The number of benzene rings is 2. The van der Waals surface area contributed by atoms with Crippen LogP contribution < -0.4 is 31.3 Å². The van der Waals surface area contributed by atoms with Gasteiger partial charge in [0.15, 0.2) is 5.82 Å². The Kier molecular flexibility index (Phi) is 8.51. The van der Waals surface area contributed by atoms with E-state index in [0.29, 0.717) is 59.8 Å². The quantitative estimate of drug-likeness (QED) is 0.289. The molecule has 2 atom stereocenters. The summed E-state index contributed by atoms with van der Waals surface area (Å²) in [7, 11) is 0. The molecule has 0 aliphatic carbocycles. The number of carbonyl (C=O) groups excluding carboxylic acids is 1. The summed E-state index contributed by atoms with van der Waals surface area (Å²) in [6.07, 6.45) is 4.26. The van der Waals surface area contributed by atoms with E-state index in [-0.39, 0.29) is 18.1 Å². The molecule has 0 spiro atoms. The first-order valence-corrected chi connectivity index (χ1v) is 15.7. The Hall–Kier alpha value is -4.97. The topological polar surface area (TPSA) is 156 Å². The fraction of sp³-hybridized carbons (Fsp3) is 0.406. The molecule has 0 saturated carbocycles. The molecule has 3 fully saturated rings. The van der Waals surface area contributed by atoms with Crippen molar-refractivity contribution in [1.29, 1.82) is 5.26 Å². The number of amides is 1. The van der Waals surface area contributed by atoms with E-state index in [0.717, 1.165) is 45.1 Å². The van der Waals surface area contributed by atoms with Crippen LogP contribution in [-0.2, 0) is 9.53 Å². The van der Waals surface area contributed by atoms with E-state index in [4.69, 9.17) is 9.47 Å². The predicted octanol–water partition coefficient (Wildman–Crippen LogP) is 1.89. The molecular formula is C32H37N11O3. The van der Waals surface area contributed by atoms with Gasteiger partial charge in [-0.25, -0.2) is 9.97 Å². The average molecular weight is 624 g/mol. The summed E-state index contributed by atoms with van der Waals surface area (Å²) in [6.45, 7) is 8.38. The van der Waals surface area contributed by atoms with Gasteiger partial charge in [-0.05, 0) is 49.4 Å². The molecule has 14 nitrogen and oxygen atoms in total. The number of nitrogens with one attached hydrogen (secondary N) is 4. The highest BCUT2D eigenvalue weighted by Gasteiger charge is 2.32. The number of piperidine rings is 1. The molecule has 7 rings (SSSR count). The number of anilines is 3. The summed E-state index contributed by atoms with van der Waals surface area (Å²) in [4.78, 5) is 32.8. The fourth-order valence-corrected chi connectivity index (χ4v) is 6.25. The van der Waals surface area contributed by atoms with Gasteiger partial charge >= 0.3 is 0 Å². The Morgan fingerprint density at radius 3 is 2.61 bits per heavy atom. The number of ether oxygens (including phenoxy) is 2. The smallest absolute Gasteiger partial charge is 0.273 e. The number of piperazine rings is 1. The molecule has 0 unspecified atom stereocenters. The molecule has 4 aliphatic rings. The van der Waals surface area contributed by atoms with E-state index >= 15 is 0 Å². The summed E-state index contributed by atoms with van der Waals surface area (Å²) in [5, 5.41) is 13.2. The van der Waals surface area contributed by atoms with E-state index in [2.05, 4.69) is 64.7 Å². The molecule has 2 aromatic carbocycles. The van der Waals surface area contributed by atoms with Crippen molar-refractivity contribution in [2.75, 3.05) is 56.2 Å². The van der Waals surface area contributed by atoms with Gasteiger partial charge in [0.1, 0.15) is 29.9 Å². The molecule has 46 heavy (non-hydrogen) atoms. The summed E-state index contributed by atoms with van der Waals surface area (Å²) < 4.78 is 11.6. The molecule has 4 aliphatic heterocycles. The van der Waals surface area contributed by atoms with E-state index in [1.807, 2.05) is 30.0 Å². The molecular weight excluding hydrogens is 586 g/mol. The van der Waals surface area contributed by atoms with Gasteiger partial charge in [-0.1, -0.05) is 0 Å². The Labute approximate surface area is 267 Å². The molecule has 14 heteroatoms. The minimum Gasteiger partial charge on any atom is -0.489 e. The van der Waals surface area contributed by atoms with E-state index in [9.17, 15) is 10.1 Å². The number of nitrogens with zero attached hydrogens (tertiary/aromatic N) is 7. The molecule has 4 N–H and O–H groups in total. The number of nitriles is 1. The van der Waals surface area contributed by atoms with Crippen molar-refractivity contribution in [2.24, 2.45) is 0 Å². The summed E-state index contributed by atoms with van der Waals surface area (Å²) >= 11 is 0. The van der Waals surface area contributed by atoms with Crippen LogP contribution in [-0.4, -0.2) is 94.8 Å². The molecule has 0 radical (unpaired) electrons. The first kappa shape index (κ1) is 29.7. The van der Waals surface area contributed by atoms with E-state index in [1.54, 1.807) is 18.3 Å². The highest BCUT2D eigenvalue weighted by Crippen LogP contribution is 2.29. The second kappa shape index (κ2) is 13.2. The van der Waals surface area contributed by atoms with Crippen LogP contribution >= 0.6 is 0 Å². The minimum atomic E-state index is -0.120. The van der Waals surface area contributed by atoms with Gasteiger partial charge in [-0.3, -0.25) is 15.1 Å². The third-order valence-corrected chi connectivity index (χ3v) is 8.97. The van der Waals surface area contributed by atoms with Crippen LogP contribution in [0.2, 0.25) is 0 Å². The average Bonchev–Trinajstić information content (AvgIpc) is 3.60. The standard InChI is InChI=1S/C32H37N11O3/c1-21-14-27(8-9-43(21)31(44)28-17-36-40-39-28)46-29-7-2-22(15-23(29)16-33)30-34-20-35-32(38-30)37-24-3-5-25(6-4-24)41-10-12-42(13-11-41)26-18-45-19-26/h2-7,15,17,20-21,26-27,36,39-40H,8-14,18-19H2,1H3,(H,34,35,37,38)/t21-,27-/m0/s1. The lowest BCUT2D eigenvalue weighted by molar-refractivity contribution is -0.132. The van der Waals surface area contributed by atoms with Crippen LogP contribution in [0.4, 0.5) is 17.3 Å². The number of aromatic nitrogens is 3. The summed E-state index contributed by atoms with van der Waals surface area (Å²) in [6, 6.07) is 16.5. The van der Waals surface area contributed by atoms with Crippen molar-refractivity contribution >= 4 is 23.2 Å². The Morgan fingerprint density at radius 2 is 1.91 bits per heavy atom. The largest absolute Gasteiger partial charge is 0.489 e. The number of hydrogen-bond donors (Lipinski definition) is 4. The highest BCUT2D eigenvalue weighted by molar-refractivity contribution is 5.93. The number of rotatable bonds is 8. The highest BCUT2D eigenvalue weighted by atomic mass is 16.5. The van der Waals surface area contributed by atoms with Crippen molar-refractivity contribution in [2.45, 2.75) is 38.0 Å². The predicted molar refractivity (Wildman–Crippen MR) is 170 cm³/mol. The monoisotopic (exact) mass is 623 g/mol. The van der Waals surface area contributed by atoms with Crippen LogP contribution in [0.15, 0.2) is 60.7 Å². The van der Waals surface area contributed by atoms with Gasteiger partial charge in [0, 0.05) is 74.7 Å². The zero-order chi connectivity index (χ0) is 31.5. The van der Waals surface area contributed by atoms with E-state index in [1.165, 1.54) is 12.0 Å². The molecule has 238 valence electrons. The SMILES string of the molecule is C[C@H]1C[C@@H](Oc2ccc(-c3ncnc(Nc4ccc(N5CCN(C6COC6)CC5)cc4)n3)cc2C#N)CCN1C(=O)C1=CNNN1. The Balaban J connectivity index is 0.961. The maximum absolute atomic E-state index is 12.8. The van der Waals surface area contributed by atoms with Gasteiger partial charge in [-0.2, -0.15) is 15.8 Å². The van der Waals surface area contributed by atoms with Crippen molar-refractivity contribution in [3.8, 4) is 23.2 Å². The molecule has 0 bridgehead atoms. The minimum absolute atomic E-state index is 0.0186. The molecule has 1 aromatic heterocycles. The zero-order valence-corrected chi connectivity index (χ0v) is 25.6. The summed E-state index contributed by atoms with van der Waals surface area (Å²) in [5.74, 6) is 1.30. The van der Waals surface area contributed by atoms with Crippen LogP contribution in [0.5, 0.6) is 5.75 Å². The van der Waals surface area contributed by atoms with Gasteiger partial charge in [0.05, 0.1) is 24.8 Å². The van der Waals surface area contributed by atoms with Crippen molar-refractivity contribution in [3.05, 3.63) is 66.3 Å². The number of hydrogen-bond acceptors (Lipinski definition) is 13. The zero-order valence-electron chi connectivity index (χ0n) is 25.6. The second-order valence-electron chi connectivity index (χ2n) is 11.9. The molecule has 5 heterocycles. The first-order valence-electron chi connectivity index (χ1n) is 15.7. The van der Waals surface area contributed by atoms with Crippen LogP contribution in [0, 0.1) is 11.3 Å². The molecule has 1 amide bonds. The van der Waals surface area contributed by atoms with Crippen LogP contribution in [0.1, 0.15) is 25.3 Å². The van der Waals surface area contributed by atoms with Gasteiger partial charge in [0.2, 0.25) is 5.95 Å². The van der Waals surface area contributed by atoms with Crippen LogP contribution in [0.25, 0.3) is 11.4 Å². The maximum Gasteiger partial charge on any atom is 0.273 e. The maximum atomic E-state index is 12.8.